The molecular formula is C17H24N2. The maximum absolute atomic E-state index is 4.72. The highest BCUT2D eigenvalue weighted by Gasteiger charge is 2.08. The fourth-order valence-electron chi connectivity index (χ4n) is 2.36. The van der Waals surface area contributed by atoms with Gasteiger partial charge in [-0.1, -0.05) is 26.8 Å². The first-order valence-electron chi connectivity index (χ1n) is 7.37. The summed E-state index contributed by atoms with van der Waals surface area (Å²) in [6.07, 6.45) is 2.14. The fourth-order valence-corrected chi connectivity index (χ4v) is 2.36. The van der Waals surface area contributed by atoms with Gasteiger partial charge in [-0.25, -0.2) is 0 Å². The van der Waals surface area contributed by atoms with Gasteiger partial charge in [0.05, 0.1) is 5.52 Å². The number of hydrogen-bond acceptors (Lipinski definition) is 2. The summed E-state index contributed by atoms with van der Waals surface area (Å²) in [5, 5.41) is 4.72. The quantitative estimate of drug-likeness (QED) is 0.835. The Hall–Kier alpha value is -1.57. The van der Waals surface area contributed by atoms with Crippen LogP contribution in [0.1, 0.15) is 51.3 Å². The molecule has 1 aromatic carbocycles. The molecule has 0 aliphatic carbocycles. The van der Waals surface area contributed by atoms with Crippen molar-refractivity contribution in [3.63, 3.8) is 0 Å². The first kappa shape index (κ1) is 13.9. The molecule has 2 nitrogen and oxygen atoms in total. The topological polar surface area (TPSA) is 24.9 Å². The van der Waals surface area contributed by atoms with Crippen LogP contribution in [0.25, 0.3) is 10.9 Å². The van der Waals surface area contributed by atoms with Gasteiger partial charge in [-0.05, 0) is 49.4 Å². The van der Waals surface area contributed by atoms with Gasteiger partial charge in [-0.2, -0.15) is 0 Å². The molecule has 19 heavy (non-hydrogen) atoms. The van der Waals surface area contributed by atoms with Crippen LogP contribution in [0.15, 0.2) is 24.3 Å². The van der Waals surface area contributed by atoms with E-state index in [0.717, 1.165) is 24.2 Å². The Balaban J connectivity index is 2.58. The molecule has 0 fully saturated rings. The minimum atomic E-state index is 0.602. The molecule has 102 valence electrons. The number of fused-ring (bicyclic) bond motifs is 1. The van der Waals surface area contributed by atoms with Crippen LogP contribution in [0.2, 0.25) is 0 Å². The largest absolute Gasteiger partial charge is 0.385 e. The molecular weight excluding hydrogens is 232 g/mol. The lowest BCUT2D eigenvalue weighted by Gasteiger charge is -2.14. The Morgan fingerprint density at radius 1 is 1.16 bits per heavy atom. The number of aryl methyl sites for hydroxylation is 1. The van der Waals surface area contributed by atoms with Gasteiger partial charge in [0.25, 0.3) is 0 Å². The molecule has 0 saturated heterocycles. The van der Waals surface area contributed by atoms with E-state index in [9.17, 15) is 0 Å². The second-order valence-corrected chi connectivity index (χ2v) is 5.13. The van der Waals surface area contributed by atoms with Crippen LogP contribution in [0.4, 0.5) is 5.69 Å². The molecule has 1 unspecified atom stereocenters. The highest BCUT2D eigenvalue weighted by Crippen LogP contribution is 2.28. The van der Waals surface area contributed by atoms with E-state index in [0.29, 0.717) is 5.92 Å². The molecule has 0 aliphatic rings. The molecule has 2 rings (SSSR count). The molecule has 2 aromatic rings. The lowest BCUT2D eigenvalue weighted by atomic mass is 9.96. The molecule has 0 bridgehead atoms. The normalized spacial score (nSPS) is 12.6. The Morgan fingerprint density at radius 3 is 2.58 bits per heavy atom. The number of nitrogens with one attached hydrogen (secondary N) is 1. The van der Waals surface area contributed by atoms with Crippen LogP contribution in [-0.2, 0) is 6.42 Å². The van der Waals surface area contributed by atoms with E-state index in [2.05, 4.69) is 57.3 Å². The van der Waals surface area contributed by atoms with Crippen molar-refractivity contribution in [2.45, 2.75) is 46.5 Å². The van der Waals surface area contributed by atoms with Gasteiger partial charge >= 0.3 is 0 Å². The Labute approximate surface area is 116 Å². The van der Waals surface area contributed by atoms with Gasteiger partial charge in [0.1, 0.15) is 0 Å². The van der Waals surface area contributed by atoms with Gasteiger partial charge in [0, 0.05) is 23.3 Å². The van der Waals surface area contributed by atoms with E-state index in [-0.39, 0.29) is 0 Å². The summed E-state index contributed by atoms with van der Waals surface area (Å²) in [7, 11) is 0. The molecule has 1 aromatic heterocycles. The minimum Gasteiger partial charge on any atom is -0.385 e. The second-order valence-electron chi connectivity index (χ2n) is 5.13. The van der Waals surface area contributed by atoms with Crippen LogP contribution >= 0.6 is 0 Å². The minimum absolute atomic E-state index is 0.602. The highest BCUT2D eigenvalue weighted by atomic mass is 14.9. The molecule has 1 atom stereocenters. The van der Waals surface area contributed by atoms with Crippen LogP contribution in [-0.4, -0.2) is 11.5 Å². The summed E-state index contributed by atoms with van der Waals surface area (Å²) in [5.41, 5.74) is 4.87. The maximum atomic E-state index is 4.72. The molecule has 0 spiro atoms. The number of pyridine rings is 1. The van der Waals surface area contributed by atoms with E-state index in [1.807, 2.05) is 0 Å². The van der Waals surface area contributed by atoms with E-state index in [1.165, 1.54) is 23.1 Å². The Bertz CT molecular complexity index is 560. The average molecular weight is 256 g/mol. The zero-order valence-electron chi connectivity index (χ0n) is 12.5. The van der Waals surface area contributed by atoms with Gasteiger partial charge in [-0.3, -0.25) is 4.98 Å². The van der Waals surface area contributed by atoms with Crippen molar-refractivity contribution >= 4 is 16.6 Å². The molecule has 0 radical (unpaired) electrons. The number of nitrogens with zero attached hydrogens (tertiary/aromatic N) is 1. The van der Waals surface area contributed by atoms with Crippen molar-refractivity contribution < 1.29 is 0 Å². The third-order valence-electron chi connectivity index (χ3n) is 3.80. The van der Waals surface area contributed by atoms with Crippen LogP contribution in [0.5, 0.6) is 0 Å². The summed E-state index contributed by atoms with van der Waals surface area (Å²) < 4.78 is 0. The van der Waals surface area contributed by atoms with Crippen LogP contribution in [0, 0.1) is 0 Å². The number of rotatable bonds is 5. The van der Waals surface area contributed by atoms with Crippen molar-refractivity contribution in [2.24, 2.45) is 0 Å². The van der Waals surface area contributed by atoms with Crippen LogP contribution < -0.4 is 5.32 Å². The van der Waals surface area contributed by atoms with Crippen molar-refractivity contribution in [2.75, 3.05) is 11.9 Å². The summed E-state index contributed by atoms with van der Waals surface area (Å²) in [4.78, 5) is 4.72. The fraction of sp³-hybridized carbons (Fsp3) is 0.471. The van der Waals surface area contributed by atoms with E-state index in [4.69, 9.17) is 4.98 Å². The molecule has 0 saturated carbocycles. The number of benzene rings is 1. The maximum Gasteiger partial charge on any atom is 0.0726 e. The van der Waals surface area contributed by atoms with Gasteiger partial charge in [-0.15, -0.1) is 0 Å². The lowest BCUT2D eigenvalue weighted by Crippen LogP contribution is -2.01. The lowest BCUT2D eigenvalue weighted by molar-refractivity contribution is 0.734. The zero-order valence-corrected chi connectivity index (χ0v) is 12.5. The smallest absolute Gasteiger partial charge is 0.0726 e. The predicted octanol–water partition coefficient (Wildman–Crippen LogP) is 4.74. The first-order valence-corrected chi connectivity index (χ1v) is 7.37. The third kappa shape index (κ3) is 2.89. The number of anilines is 1. The number of aromatic nitrogens is 1. The molecule has 0 amide bonds. The van der Waals surface area contributed by atoms with Crippen molar-refractivity contribution in [3.05, 3.63) is 35.5 Å². The summed E-state index contributed by atoms with van der Waals surface area (Å²) >= 11 is 0. The van der Waals surface area contributed by atoms with E-state index in [1.54, 1.807) is 0 Å². The van der Waals surface area contributed by atoms with Gasteiger partial charge in [0.2, 0.25) is 0 Å². The van der Waals surface area contributed by atoms with E-state index < -0.39 is 0 Å². The summed E-state index contributed by atoms with van der Waals surface area (Å²) in [5.74, 6) is 0.602. The Morgan fingerprint density at radius 2 is 1.95 bits per heavy atom. The van der Waals surface area contributed by atoms with Crippen molar-refractivity contribution in [1.82, 2.24) is 4.98 Å². The predicted molar refractivity (Wildman–Crippen MR) is 84.0 cm³/mol. The van der Waals surface area contributed by atoms with Crippen LogP contribution in [0.3, 0.4) is 0 Å². The molecule has 1 N–H and O–H groups in total. The SMILES string of the molecule is CCNc1cc(CC)nc2ccc(C(C)CC)cc12. The molecule has 2 heteroatoms. The number of hydrogen-bond donors (Lipinski definition) is 1. The zero-order chi connectivity index (χ0) is 13.8. The molecule has 0 aliphatic heterocycles. The van der Waals surface area contributed by atoms with Crippen molar-refractivity contribution in [3.8, 4) is 0 Å². The summed E-state index contributed by atoms with van der Waals surface area (Å²) in [6, 6.07) is 8.87. The monoisotopic (exact) mass is 256 g/mol. The second kappa shape index (κ2) is 6.05. The van der Waals surface area contributed by atoms with Gasteiger partial charge in [0.15, 0.2) is 0 Å². The van der Waals surface area contributed by atoms with Crippen molar-refractivity contribution in [1.29, 1.82) is 0 Å². The Kier molecular flexibility index (Phi) is 4.41. The van der Waals surface area contributed by atoms with E-state index >= 15 is 0 Å². The average Bonchev–Trinajstić information content (AvgIpc) is 2.46. The first-order chi connectivity index (χ1) is 9.19. The summed E-state index contributed by atoms with van der Waals surface area (Å²) in [6.45, 7) is 9.74. The highest BCUT2D eigenvalue weighted by molar-refractivity contribution is 5.92. The molecule has 1 heterocycles. The third-order valence-corrected chi connectivity index (χ3v) is 3.80. The van der Waals surface area contributed by atoms with Gasteiger partial charge < -0.3 is 5.32 Å². The standard InChI is InChI=1S/C17H24N2/c1-5-12(4)13-8-9-16-15(10-13)17(18-7-3)11-14(6-2)19-16/h8-12H,5-7H2,1-4H3,(H,18,19).